The van der Waals surface area contributed by atoms with Gasteiger partial charge in [-0.1, -0.05) is 26.0 Å². The number of carbonyl (C=O) groups is 1. The minimum Gasteiger partial charge on any atom is -0.497 e. The third kappa shape index (κ3) is 5.36. The molecule has 142 valence electrons. The molecule has 0 aliphatic heterocycles. The molecule has 1 atom stereocenters. The second-order valence-corrected chi connectivity index (χ2v) is 6.94. The van der Waals surface area contributed by atoms with E-state index in [1.165, 1.54) is 18.4 Å². The van der Waals surface area contributed by atoms with Gasteiger partial charge in [-0.2, -0.15) is 0 Å². The summed E-state index contributed by atoms with van der Waals surface area (Å²) in [4.78, 5) is 14.0. The average molecular weight is 358 g/mol. The average Bonchev–Trinajstić information content (AvgIpc) is 3.07. The fraction of sp³-hybridized carbons (Fsp3) is 0.476. The largest absolute Gasteiger partial charge is 0.497 e. The summed E-state index contributed by atoms with van der Waals surface area (Å²) in [6.45, 7) is 8.25. The molecule has 5 heteroatoms. The van der Waals surface area contributed by atoms with Gasteiger partial charge >= 0.3 is 5.97 Å². The van der Waals surface area contributed by atoms with Gasteiger partial charge in [0.15, 0.2) is 0 Å². The van der Waals surface area contributed by atoms with Crippen molar-refractivity contribution in [2.24, 2.45) is 5.92 Å². The van der Waals surface area contributed by atoms with Gasteiger partial charge in [0.25, 0.3) is 0 Å². The lowest BCUT2D eigenvalue weighted by molar-refractivity contribution is -0.142. The van der Waals surface area contributed by atoms with E-state index in [4.69, 9.17) is 9.47 Å². The summed E-state index contributed by atoms with van der Waals surface area (Å²) >= 11 is 0. The minimum atomic E-state index is -0.205. The number of methoxy groups -OCH3 is 2. The maximum atomic E-state index is 11.8. The first-order valence-electron chi connectivity index (χ1n) is 9.02. The summed E-state index contributed by atoms with van der Waals surface area (Å²) < 4.78 is 12.4. The Morgan fingerprint density at radius 2 is 1.92 bits per heavy atom. The first kappa shape index (κ1) is 20.0. The standard InChI is InChI=1S/C21H30N2O3/c1-16(2)17(3)23(15-21(24)26-5)14-19-9-7-11-22(19)13-18-8-6-10-20(12-18)25-4/h6-12,16-17H,13-15H2,1-5H3. The molecule has 1 heterocycles. The van der Waals surface area contributed by atoms with Crippen LogP contribution >= 0.6 is 0 Å². The van der Waals surface area contributed by atoms with Crippen LogP contribution in [-0.2, 0) is 22.6 Å². The highest BCUT2D eigenvalue weighted by Gasteiger charge is 2.21. The predicted molar refractivity (Wildman–Crippen MR) is 103 cm³/mol. The number of aromatic nitrogens is 1. The fourth-order valence-electron chi connectivity index (χ4n) is 2.92. The Labute approximate surface area is 156 Å². The maximum absolute atomic E-state index is 11.8. The van der Waals surface area contributed by atoms with Crippen LogP contribution in [0.4, 0.5) is 0 Å². The first-order chi connectivity index (χ1) is 12.4. The fourth-order valence-corrected chi connectivity index (χ4v) is 2.92. The van der Waals surface area contributed by atoms with E-state index in [1.54, 1.807) is 7.11 Å². The molecular weight excluding hydrogens is 328 g/mol. The van der Waals surface area contributed by atoms with Crippen LogP contribution in [0.1, 0.15) is 32.0 Å². The zero-order valence-electron chi connectivity index (χ0n) is 16.4. The molecule has 1 aromatic heterocycles. The minimum absolute atomic E-state index is 0.205. The molecule has 2 aromatic rings. The zero-order valence-corrected chi connectivity index (χ0v) is 16.4. The lowest BCUT2D eigenvalue weighted by atomic mass is 10.0. The number of carbonyl (C=O) groups excluding carboxylic acids is 1. The summed E-state index contributed by atoms with van der Waals surface area (Å²) in [5.41, 5.74) is 2.35. The normalized spacial score (nSPS) is 12.4. The third-order valence-electron chi connectivity index (χ3n) is 4.88. The molecular formula is C21H30N2O3. The molecule has 0 radical (unpaired) electrons. The Morgan fingerprint density at radius 1 is 1.15 bits per heavy atom. The van der Waals surface area contributed by atoms with Crippen LogP contribution in [-0.4, -0.2) is 42.2 Å². The Kier molecular flexibility index (Phi) is 7.27. The van der Waals surface area contributed by atoms with Crippen molar-refractivity contribution in [1.29, 1.82) is 0 Å². The summed E-state index contributed by atoms with van der Waals surface area (Å²) in [7, 11) is 3.12. The van der Waals surface area contributed by atoms with Crippen molar-refractivity contribution in [3.8, 4) is 5.75 Å². The highest BCUT2D eigenvalue weighted by Crippen LogP contribution is 2.18. The molecule has 2 rings (SSSR count). The van der Waals surface area contributed by atoms with Gasteiger partial charge in [0.1, 0.15) is 5.75 Å². The quantitative estimate of drug-likeness (QED) is 0.643. The Balaban J connectivity index is 2.17. The van der Waals surface area contributed by atoms with Crippen LogP contribution in [0, 0.1) is 5.92 Å². The van der Waals surface area contributed by atoms with Crippen LogP contribution < -0.4 is 4.74 Å². The molecule has 0 N–H and O–H groups in total. The van der Waals surface area contributed by atoms with E-state index >= 15 is 0 Å². The number of nitrogens with zero attached hydrogens (tertiary/aromatic N) is 2. The number of hydrogen-bond donors (Lipinski definition) is 0. The summed E-state index contributed by atoms with van der Waals surface area (Å²) in [6.07, 6.45) is 2.07. The molecule has 0 spiro atoms. The van der Waals surface area contributed by atoms with Crippen LogP contribution in [0.3, 0.4) is 0 Å². The topological polar surface area (TPSA) is 43.7 Å². The number of ether oxygens (including phenoxy) is 2. The van der Waals surface area contributed by atoms with Crippen LogP contribution in [0.25, 0.3) is 0 Å². The van der Waals surface area contributed by atoms with E-state index in [0.29, 0.717) is 19.0 Å². The van der Waals surface area contributed by atoms with Crippen LogP contribution in [0.5, 0.6) is 5.75 Å². The van der Waals surface area contributed by atoms with E-state index in [0.717, 1.165) is 12.3 Å². The van der Waals surface area contributed by atoms with Crippen molar-refractivity contribution < 1.29 is 14.3 Å². The zero-order chi connectivity index (χ0) is 19.1. The second kappa shape index (κ2) is 9.43. The molecule has 0 fully saturated rings. The Bertz CT molecular complexity index is 709. The SMILES string of the molecule is COC(=O)CN(Cc1cccn1Cc1cccc(OC)c1)C(C)C(C)C. The van der Waals surface area contributed by atoms with Gasteiger partial charge in [-0.15, -0.1) is 0 Å². The molecule has 0 saturated heterocycles. The molecule has 0 saturated carbocycles. The Hall–Kier alpha value is -2.27. The molecule has 5 nitrogen and oxygen atoms in total. The molecule has 0 amide bonds. The van der Waals surface area contributed by atoms with Crippen LogP contribution in [0.15, 0.2) is 42.6 Å². The van der Waals surface area contributed by atoms with Gasteiger partial charge in [0.05, 0.1) is 20.8 Å². The third-order valence-corrected chi connectivity index (χ3v) is 4.88. The predicted octanol–water partition coefficient (Wildman–Crippen LogP) is 3.56. The molecule has 26 heavy (non-hydrogen) atoms. The highest BCUT2D eigenvalue weighted by atomic mass is 16.5. The second-order valence-electron chi connectivity index (χ2n) is 6.94. The van der Waals surface area contributed by atoms with Crippen molar-refractivity contribution in [3.05, 3.63) is 53.9 Å². The smallest absolute Gasteiger partial charge is 0.319 e. The van der Waals surface area contributed by atoms with Gasteiger partial charge < -0.3 is 14.0 Å². The van der Waals surface area contributed by atoms with Crippen LogP contribution in [0.2, 0.25) is 0 Å². The van der Waals surface area contributed by atoms with E-state index in [-0.39, 0.29) is 12.0 Å². The first-order valence-corrected chi connectivity index (χ1v) is 9.02. The molecule has 0 bridgehead atoms. The van der Waals surface area contributed by atoms with Crippen molar-refractivity contribution >= 4 is 5.97 Å². The lowest BCUT2D eigenvalue weighted by Crippen LogP contribution is -2.40. The monoisotopic (exact) mass is 358 g/mol. The maximum Gasteiger partial charge on any atom is 0.319 e. The van der Waals surface area contributed by atoms with Crippen molar-refractivity contribution in [2.75, 3.05) is 20.8 Å². The van der Waals surface area contributed by atoms with E-state index < -0.39 is 0 Å². The molecule has 1 unspecified atom stereocenters. The van der Waals surface area contributed by atoms with Gasteiger partial charge in [-0.05, 0) is 42.7 Å². The number of benzene rings is 1. The van der Waals surface area contributed by atoms with Crippen molar-refractivity contribution in [1.82, 2.24) is 9.47 Å². The number of rotatable bonds is 9. The molecule has 0 aliphatic carbocycles. The molecule has 1 aromatic carbocycles. The summed E-state index contributed by atoms with van der Waals surface area (Å²) in [5, 5.41) is 0. The lowest BCUT2D eigenvalue weighted by Gasteiger charge is -2.31. The van der Waals surface area contributed by atoms with Gasteiger partial charge in [-0.3, -0.25) is 9.69 Å². The van der Waals surface area contributed by atoms with Gasteiger partial charge in [0.2, 0.25) is 0 Å². The summed E-state index contributed by atoms with van der Waals surface area (Å²) in [5.74, 6) is 1.10. The van der Waals surface area contributed by atoms with Gasteiger partial charge in [-0.25, -0.2) is 0 Å². The summed E-state index contributed by atoms with van der Waals surface area (Å²) in [6, 6.07) is 12.5. The number of esters is 1. The number of hydrogen-bond acceptors (Lipinski definition) is 4. The van der Waals surface area contributed by atoms with Gasteiger partial charge in [0, 0.05) is 31.0 Å². The Morgan fingerprint density at radius 3 is 2.58 bits per heavy atom. The van der Waals surface area contributed by atoms with Crippen molar-refractivity contribution in [3.63, 3.8) is 0 Å². The van der Waals surface area contributed by atoms with E-state index in [9.17, 15) is 4.79 Å². The highest BCUT2D eigenvalue weighted by molar-refractivity contribution is 5.71. The van der Waals surface area contributed by atoms with Crippen molar-refractivity contribution in [2.45, 2.75) is 39.9 Å². The van der Waals surface area contributed by atoms with E-state index in [1.807, 2.05) is 24.3 Å². The molecule has 0 aliphatic rings. The van der Waals surface area contributed by atoms with E-state index in [2.05, 4.69) is 48.6 Å².